The molecule has 0 saturated carbocycles. The van der Waals surface area contributed by atoms with Crippen LogP contribution in [0.15, 0.2) is 48.8 Å². The molecule has 1 N–H and O–H groups in total. The number of nitrogens with one attached hydrogen (secondary N) is 1. The fourth-order valence-corrected chi connectivity index (χ4v) is 1.43. The number of nitrogens with zero attached hydrogens (tertiary/aromatic N) is 1. The van der Waals surface area contributed by atoms with Gasteiger partial charge in [0.15, 0.2) is 0 Å². The predicted molar refractivity (Wildman–Crippen MR) is 69.2 cm³/mol. The lowest BCUT2D eigenvalue weighted by molar-refractivity contribution is 1.32. The lowest BCUT2D eigenvalue weighted by atomic mass is 10.1. The van der Waals surface area contributed by atoms with Gasteiger partial charge in [0.25, 0.3) is 0 Å². The molecule has 0 radical (unpaired) electrons. The molecule has 0 saturated heterocycles. The fourth-order valence-electron chi connectivity index (χ4n) is 1.43. The van der Waals surface area contributed by atoms with Crippen LogP contribution in [0.25, 0.3) is 12.2 Å². The zero-order chi connectivity index (χ0) is 11.2. The molecule has 80 valence electrons. The minimum Gasteiger partial charge on any atom is -0.388 e. The Morgan fingerprint density at radius 3 is 2.00 bits per heavy atom. The second-order valence-corrected chi connectivity index (χ2v) is 3.49. The summed E-state index contributed by atoms with van der Waals surface area (Å²) < 4.78 is 0. The highest BCUT2D eigenvalue weighted by atomic mass is 14.8. The summed E-state index contributed by atoms with van der Waals surface area (Å²) in [6.07, 6.45) is 7.76. The largest absolute Gasteiger partial charge is 0.388 e. The van der Waals surface area contributed by atoms with Gasteiger partial charge in [0, 0.05) is 25.1 Å². The van der Waals surface area contributed by atoms with Gasteiger partial charge < -0.3 is 5.32 Å². The van der Waals surface area contributed by atoms with E-state index in [1.54, 1.807) is 12.4 Å². The highest BCUT2D eigenvalue weighted by Crippen LogP contribution is 2.11. The van der Waals surface area contributed by atoms with E-state index in [2.05, 4.69) is 46.7 Å². The summed E-state index contributed by atoms with van der Waals surface area (Å²) in [7, 11) is 1.92. The Hall–Kier alpha value is -2.09. The molecule has 2 heteroatoms. The van der Waals surface area contributed by atoms with Gasteiger partial charge in [-0.15, -0.1) is 0 Å². The molecule has 2 rings (SSSR count). The third-order valence-electron chi connectivity index (χ3n) is 2.37. The molecule has 1 aromatic carbocycles. The van der Waals surface area contributed by atoms with E-state index in [1.165, 1.54) is 5.56 Å². The van der Waals surface area contributed by atoms with Crippen molar-refractivity contribution in [3.05, 3.63) is 59.9 Å². The van der Waals surface area contributed by atoms with E-state index in [4.69, 9.17) is 0 Å². The zero-order valence-electron chi connectivity index (χ0n) is 9.22. The van der Waals surface area contributed by atoms with Crippen LogP contribution in [0.2, 0.25) is 0 Å². The highest BCUT2D eigenvalue weighted by Gasteiger charge is 1.89. The van der Waals surface area contributed by atoms with Crippen LogP contribution in [0.4, 0.5) is 5.69 Å². The van der Waals surface area contributed by atoms with Crippen molar-refractivity contribution in [1.82, 2.24) is 4.98 Å². The summed E-state index contributed by atoms with van der Waals surface area (Å²) in [6, 6.07) is 12.3. The van der Waals surface area contributed by atoms with Gasteiger partial charge in [-0.1, -0.05) is 24.3 Å². The van der Waals surface area contributed by atoms with Gasteiger partial charge in [-0.3, -0.25) is 4.98 Å². The van der Waals surface area contributed by atoms with Gasteiger partial charge >= 0.3 is 0 Å². The number of benzene rings is 1. The summed E-state index contributed by atoms with van der Waals surface area (Å²) in [4.78, 5) is 3.98. The van der Waals surface area contributed by atoms with Gasteiger partial charge in [-0.25, -0.2) is 0 Å². The molecule has 0 aliphatic carbocycles. The molecular weight excluding hydrogens is 196 g/mol. The van der Waals surface area contributed by atoms with Crippen LogP contribution >= 0.6 is 0 Å². The molecule has 1 aromatic heterocycles. The van der Waals surface area contributed by atoms with Crippen LogP contribution in [-0.2, 0) is 0 Å². The number of anilines is 1. The average Bonchev–Trinajstić information content (AvgIpc) is 2.38. The minimum absolute atomic E-state index is 1.13. The summed E-state index contributed by atoms with van der Waals surface area (Å²) in [5.74, 6) is 0. The Balaban J connectivity index is 2.12. The average molecular weight is 210 g/mol. The standard InChI is InChI=1S/C14H14N2/c1-15-14-6-4-12(5-7-14)2-3-13-8-10-16-11-9-13/h2-11,15H,1H3. The van der Waals surface area contributed by atoms with Gasteiger partial charge in [-0.05, 0) is 35.4 Å². The van der Waals surface area contributed by atoms with Crippen LogP contribution in [0.5, 0.6) is 0 Å². The molecule has 0 spiro atoms. The van der Waals surface area contributed by atoms with E-state index in [9.17, 15) is 0 Å². The zero-order valence-corrected chi connectivity index (χ0v) is 9.22. The van der Waals surface area contributed by atoms with Crippen molar-refractivity contribution in [2.45, 2.75) is 0 Å². The van der Waals surface area contributed by atoms with Crippen LogP contribution in [-0.4, -0.2) is 12.0 Å². The normalized spacial score (nSPS) is 10.6. The van der Waals surface area contributed by atoms with Crippen molar-refractivity contribution in [3.8, 4) is 0 Å². The number of hydrogen-bond acceptors (Lipinski definition) is 2. The van der Waals surface area contributed by atoms with Crippen molar-refractivity contribution in [2.24, 2.45) is 0 Å². The van der Waals surface area contributed by atoms with Gasteiger partial charge in [0.1, 0.15) is 0 Å². The lowest BCUT2D eigenvalue weighted by Gasteiger charge is -1.99. The van der Waals surface area contributed by atoms with Gasteiger partial charge in [0.05, 0.1) is 0 Å². The molecule has 0 amide bonds. The molecule has 2 nitrogen and oxygen atoms in total. The maximum absolute atomic E-state index is 3.98. The first-order valence-electron chi connectivity index (χ1n) is 5.24. The third kappa shape index (κ3) is 2.70. The van der Waals surface area contributed by atoms with Crippen molar-refractivity contribution in [1.29, 1.82) is 0 Å². The molecule has 0 atom stereocenters. The van der Waals surface area contributed by atoms with E-state index in [0.29, 0.717) is 0 Å². The molecular formula is C14H14N2. The Morgan fingerprint density at radius 2 is 1.44 bits per heavy atom. The van der Waals surface area contributed by atoms with E-state index < -0.39 is 0 Å². The van der Waals surface area contributed by atoms with Gasteiger partial charge in [0.2, 0.25) is 0 Å². The SMILES string of the molecule is CNc1ccc(C=Cc2ccncc2)cc1. The first-order chi connectivity index (χ1) is 7.88. The summed E-state index contributed by atoms with van der Waals surface area (Å²) >= 11 is 0. The quantitative estimate of drug-likeness (QED) is 0.840. The van der Waals surface area contributed by atoms with Crippen LogP contribution in [0.3, 0.4) is 0 Å². The number of rotatable bonds is 3. The molecule has 0 bridgehead atoms. The van der Waals surface area contributed by atoms with Crippen molar-refractivity contribution < 1.29 is 0 Å². The molecule has 0 aliphatic rings. The predicted octanol–water partition coefficient (Wildman–Crippen LogP) is 3.29. The molecule has 16 heavy (non-hydrogen) atoms. The minimum atomic E-state index is 1.13. The maximum atomic E-state index is 3.98. The number of pyridine rings is 1. The molecule has 1 heterocycles. The second-order valence-electron chi connectivity index (χ2n) is 3.49. The fraction of sp³-hybridized carbons (Fsp3) is 0.0714. The molecule has 0 fully saturated rings. The van der Waals surface area contributed by atoms with Crippen LogP contribution in [0.1, 0.15) is 11.1 Å². The number of hydrogen-bond donors (Lipinski definition) is 1. The lowest BCUT2D eigenvalue weighted by Crippen LogP contribution is -1.86. The summed E-state index contributed by atoms with van der Waals surface area (Å²) in [5.41, 5.74) is 3.48. The Labute approximate surface area is 95.7 Å². The topological polar surface area (TPSA) is 24.9 Å². The van der Waals surface area contributed by atoms with E-state index in [-0.39, 0.29) is 0 Å². The van der Waals surface area contributed by atoms with Crippen molar-refractivity contribution >= 4 is 17.8 Å². The van der Waals surface area contributed by atoms with Crippen LogP contribution in [0, 0.1) is 0 Å². The maximum Gasteiger partial charge on any atom is 0.0337 e. The van der Waals surface area contributed by atoms with Crippen LogP contribution < -0.4 is 5.32 Å². The Morgan fingerprint density at radius 1 is 0.875 bits per heavy atom. The first-order valence-corrected chi connectivity index (χ1v) is 5.24. The third-order valence-corrected chi connectivity index (χ3v) is 2.37. The smallest absolute Gasteiger partial charge is 0.0337 e. The molecule has 0 unspecified atom stereocenters. The summed E-state index contributed by atoms with van der Waals surface area (Å²) in [6.45, 7) is 0. The second kappa shape index (κ2) is 5.12. The Kier molecular flexibility index (Phi) is 3.34. The molecule has 0 aliphatic heterocycles. The van der Waals surface area contributed by atoms with E-state index in [1.807, 2.05) is 19.2 Å². The molecule has 2 aromatic rings. The van der Waals surface area contributed by atoms with E-state index in [0.717, 1.165) is 11.3 Å². The highest BCUT2D eigenvalue weighted by molar-refractivity contribution is 5.70. The van der Waals surface area contributed by atoms with E-state index >= 15 is 0 Å². The monoisotopic (exact) mass is 210 g/mol. The number of aromatic nitrogens is 1. The Bertz CT molecular complexity index is 458. The van der Waals surface area contributed by atoms with Crippen molar-refractivity contribution in [2.75, 3.05) is 12.4 Å². The van der Waals surface area contributed by atoms with Crippen molar-refractivity contribution in [3.63, 3.8) is 0 Å². The first kappa shape index (κ1) is 10.4. The van der Waals surface area contributed by atoms with Gasteiger partial charge in [-0.2, -0.15) is 0 Å². The summed E-state index contributed by atoms with van der Waals surface area (Å²) in [5, 5.41) is 3.10.